The quantitative estimate of drug-likeness (QED) is 0.806. The number of allylic oxidation sites excluding steroid dienone is 1. The normalized spacial score (nSPS) is 28.3. The average Bonchev–Trinajstić information content (AvgIpc) is 2.84. The van der Waals surface area contributed by atoms with E-state index in [1.165, 1.54) is 0 Å². The molecule has 1 fully saturated rings. The SMILES string of the molecule is O=S1(=O)C2C=C(c3ccc4nonc4c3)CC1CCC2. The summed E-state index contributed by atoms with van der Waals surface area (Å²) in [4.78, 5) is 0. The number of aromatic nitrogens is 2. The Morgan fingerprint density at radius 1 is 1.15 bits per heavy atom. The molecule has 2 aromatic rings. The summed E-state index contributed by atoms with van der Waals surface area (Å²) in [7, 11) is -2.96. The van der Waals surface area contributed by atoms with Crippen LogP contribution in [0.2, 0.25) is 0 Å². The third kappa shape index (κ3) is 1.71. The zero-order valence-corrected chi connectivity index (χ0v) is 11.6. The summed E-state index contributed by atoms with van der Waals surface area (Å²) in [6.45, 7) is 0. The maximum absolute atomic E-state index is 12.3. The number of fused-ring (bicyclic) bond motifs is 3. The number of nitrogens with zero attached hydrogens (tertiary/aromatic N) is 2. The second kappa shape index (κ2) is 4.15. The van der Waals surface area contributed by atoms with E-state index in [0.717, 1.165) is 35.9 Å². The van der Waals surface area contributed by atoms with Crippen molar-refractivity contribution in [2.45, 2.75) is 36.2 Å². The van der Waals surface area contributed by atoms with Gasteiger partial charge in [-0.1, -0.05) is 18.6 Å². The second-order valence-electron chi connectivity index (χ2n) is 5.54. The molecule has 2 atom stereocenters. The number of hydrogen-bond acceptors (Lipinski definition) is 5. The van der Waals surface area contributed by atoms with Crippen LogP contribution in [0.1, 0.15) is 31.2 Å². The van der Waals surface area contributed by atoms with Gasteiger partial charge in [0.25, 0.3) is 0 Å². The highest BCUT2D eigenvalue weighted by molar-refractivity contribution is 7.93. The molecule has 1 aromatic carbocycles. The number of hydrogen-bond donors (Lipinski definition) is 0. The van der Waals surface area contributed by atoms with Gasteiger partial charge in [0.15, 0.2) is 9.84 Å². The van der Waals surface area contributed by atoms with Crippen molar-refractivity contribution in [3.05, 3.63) is 29.8 Å². The maximum Gasteiger partial charge on any atom is 0.159 e. The van der Waals surface area contributed by atoms with Crippen LogP contribution in [0.4, 0.5) is 0 Å². The summed E-state index contributed by atoms with van der Waals surface area (Å²) in [6, 6.07) is 5.75. The Balaban J connectivity index is 1.80. The van der Waals surface area contributed by atoms with Crippen LogP contribution in [0.3, 0.4) is 0 Å². The van der Waals surface area contributed by atoms with Gasteiger partial charge in [-0.05, 0) is 52.8 Å². The van der Waals surface area contributed by atoms with Crippen LogP contribution >= 0.6 is 0 Å². The molecule has 4 rings (SSSR count). The molecule has 0 N–H and O–H groups in total. The molecule has 0 aliphatic carbocycles. The molecule has 0 radical (unpaired) electrons. The van der Waals surface area contributed by atoms with Crippen molar-refractivity contribution in [2.24, 2.45) is 0 Å². The highest BCUT2D eigenvalue weighted by Gasteiger charge is 2.40. The maximum atomic E-state index is 12.3. The standard InChI is InChI=1S/C14H14N2O3S/c17-20(18)11-2-1-3-12(20)7-10(6-11)9-4-5-13-14(8-9)16-19-15-13/h4-6,8,11-12H,1-3,7H2. The molecule has 0 saturated carbocycles. The van der Waals surface area contributed by atoms with Gasteiger partial charge in [-0.3, -0.25) is 0 Å². The lowest BCUT2D eigenvalue weighted by Gasteiger charge is -2.33. The van der Waals surface area contributed by atoms with Crippen molar-refractivity contribution >= 4 is 26.4 Å². The molecule has 2 bridgehead atoms. The molecule has 20 heavy (non-hydrogen) atoms. The zero-order valence-electron chi connectivity index (χ0n) is 10.8. The predicted octanol–water partition coefficient (Wildman–Crippen LogP) is 2.35. The molecular formula is C14H14N2O3S. The summed E-state index contributed by atoms with van der Waals surface area (Å²) >= 11 is 0. The monoisotopic (exact) mass is 290 g/mol. The summed E-state index contributed by atoms with van der Waals surface area (Å²) in [5.41, 5.74) is 3.57. The largest absolute Gasteiger partial charge is 0.243 e. The van der Waals surface area contributed by atoms with Crippen LogP contribution < -0.4 is 0 Å². The Kier molecular flexibility index (Phi) is 2.51. The average molecular weight is 290 g/mol. The lowest BCUT2D eigenvalue weighted by molar-refractivity contribution is 0.315. The fourth-order valence-electron chi connectivity index (χ4n) is 3.25. The highest BCUT2D eigenvalue weighted by atomic mass is 32.2. The van der Waals surface area contributed by atoms with Crippen LogP contribution in [0.25, 0.3) is 16.6 Å². The predicted molar refractivity (Wildman–Crippen MR) is 74.7 cm³/mol. The van der Waals surface area contributed by atoms with Crippen LogP contribution in [0.5, 0.6) is 0 Å². The van der Waals surface area contributed by atoms with Gasteiger partial charge in [0.2, 0.25) is 0 Å². The molecule has 0 spiro atoms. The molecule has 5 nitrogen and oxygen atoms in total. The topological polar surface area (TPSA) is 73.1 Å². The van der Waals surface area contributed by atoms with Crippen molar-refractivity contribution < 1.29 is 13.0 Å². The van der Waals surface area contributed by atoms with Gasteiger partial charge in [0, 0.05) is 0 Å². The van der Waals surface area contributed by atoms with E-state index in [0.29, 0.717) is 11.9 Å². The van der Waals surface area contributed by atoms with Gasteiger partial charge in [-0.15, -0.1) is 0 Å². The first-order chi connectivity index (χ1) is 9.64. The second-order valence-corrected chi connectivity index (χ2v) is 7.99. The van der Waals surface area contributed by atoms with E-state index >= 15 is 0 Å². The van der Waals surface area contributed by atoms with E-state index < -0.39 is 9.84 Å². The van der Waals surface area contributed by atoms with Crippen molar-refractivity contribution in [1.29, 1.82) is 0 Å². The fourth-order valence-corrected chi connectivity index (χ4v) is 5.50. The Labute approximate surface area is 116 Å². The minimum Gasteiger partial charge on any atom is -0.243 e. The van der Waals surface area contributed by atoms with E-state index in [9.17, 15) is 8.42 Å². The Morgan fingerprint density at radius 2 is 2.00 bits per heavy atom. The van der Waals surface area contributed by atoms with Gasteiger partial charge in [-0.25, -0.2) is 13.0 Å². The Bertz CT molecular complexity index is 807. The van der Waals surface area contributed by atoms with Crippen molar-refractivity contribution in [1.82, 2.24) is 10.3 Å². The van der Waals surface area contributed by atoms with Crippen LogP contribution in [0, 0.1) is 0 Å². The molecular weight excluding hydrogens is 276 g/mol. The van der Waals surface area contributed by atoms with Gasteiger partial charge in [0.1, 0.15) is 11.0 Å². The molecule has 2 unspecified atom stereocenters. The first kappa shape index (κ1) is 12.1. The van der Waals surface area contributed by atoms with E-state index in [2.05, 4.69) is 10.3 Å². The highest BCUT2D eigenvalue weighted by Crippen LogP contribution is 2.39. The molecule has 0 amide bonds. The number of benzene rings is 1. The summed E-state index contributed by atoms with van der Waals surface area (Å²) in [5, 5.41) is 7.10. The lowest BCUT2D eigenvalue weighted by atomic mass is 9.93. The lowest BCUT2D eigenvalue weighted by Crippen LogP contribution is -2.38. The van der Waals surface area contributed by atoms with Gasteiger partial charge < -0.3 is 0 Å². The molecule has 104 valence electrons. The smallest absolute Gasteiger partial charge is 0.159 e. The third-order valence-electron chi connectivity index (χ3n) is 4.36. The van der Waals surface area contributed by atoms with E-state index in [1.54, 1.807) is 0 Å². The van der Waals surface area contributed by atoms with Crippen LogP contribution in [0.15, 0.2) is 28.9 Å². The number of rotatable bonds is 1. The van der Waals surface area contributed by atoms with E-state index in [1.807, 2.05) is 24.3 Å². The minimum absolute atomic E-state index is 0.215. The molecule has 1 aromatic heterocycles. The summed E-state index contributed by atoms with van der Waals surface area (Å²) in [5.74, 6) is 0. The Morgan fingerprint density at radius 3 is 2.85 bits per heavy atom. The minimum atomic E-state index is -2.96. The molecule has 6 heteroatoms. The number of sulfone groups is 1. The van der Waals surface area contributed by atoms with Crippen molar-refractivity contribution in [3.63, 3.8) is 0 Å². The van der Waals surface area contributed by atoms with Crippen LogP contribution in [-0.4, -0.2) is 29.2 Å². The van der Waals surface area contributed by atoms with E-state index in [4.69, 9.17) is 4.63 Å². The summed E-state index contributed by atoms with van der Waals surface area (Å²) < 4.78 is 29.2. The summed E-state index contributed by atoms with van der Waals surface area (Å²) in [6.07, 6.45) is 5.07. The van der Waals surface area contributed by atoms with Gasteiger partial charge in [0.05, 0.1) is 10.5 Å². The van der Waals surface area contributed by atoms with Gasteiger partial charge in [-0.2, -0.15) is 0 Å². The molecule has 1 saturated heterocycles. The van der Waals surface area contributed by atoms with Gasteiger partial charge >= 0.3 is 0 Å². The Hall–Kier alpha value is -1.69. The molecule has 2 aliphatic heterocycles. The van der Waals surface area contributed by atoms with E-state index in [-0.39, 0.29) is 10.5 Å². The first-order valence-electron chi connectivity index (χ1n) is 6.81. The fraction of sp³-hybridized carbons (Fsp3) is 0.429. The van der Waals surface area contributed by atoms with Crippen molar-refractivity contribution in [2.75, 3.05) is 0 Å². The molecule has 2 aliphatic rings. The molecule has 3 heterocycles. The first-order valence-corrected chi connectivity index (χ1v) is 8.41. The van der Waals surface area contributed by atoms with Crippen LogP contribution in [-0.2, 0) is 9.84 Å². The zero-order chi connectivity index (χ0) is 13.7. The third-order valence-corrected chi connectivity index (χ3v) is 6.91. The van der Waals surface area contributed by atoms with Crippen molar-refractivity contribution in [3.8, 4) is 0 Å².